The maximum Gasteiger partial charge on any atom is 0.150 e. The molecule has 0 amide bonds. The monoisotopic (exact) mass is 377 g/mol. The van der Waals surface area contributed by atoms with Crippen molar-refractivity contribution in [2.45, 2.75) is 6.92 Å². The van der Waals surface area contributed by atoms with Crippen LogP contribution >= 0.6 is 11.3 Å². The number of hydrogen-bond acceptors (Lipinski definition) is 6. The number of fused-ring (bicyclic) bond motifs is 3. The summed E-state index contributed by atoms with van der Waals surface area (Å²) >= 11 is 1.68. The molecule has 27 heavy (non-hydrogen) atoms. The fraction of sp³-hybridized carbons (Fsp3) is 0.100. The predicted molar refractivity (Wildman–Crippen MR) is 113 cm³/mol. The molecule has 136 valence electrons. The van der Waals surface area contributed by atoms with E-state index in [0.29, 0.717) is 6.61 Å². The average Bonchev–Trinajstić information content (AvgIpc) is 3.18. The Morgan fingerprint density at radius 2 is 2.07 bits per heavy atom. The van der Waals surface area contributed by atoms with E-state index in [0.717, 1.165) is 39.1 Å². The van der Waals surface area contributed by atoms with Gasteiger partial charge in [-0.2, -0.15) is 5.10 Å². The van der Waals surface area contributed by atoms with Gasteiger partial charge in [0.25, 0.3) is 0 Å². The van der Waals surface area contributed by atoms with Crippen LogP contribution in [0.4, 0.5) is 11.5 Å². The van der Waals surface area contributed by atoms with Crippen LogP contribution in [0, 0.1) is 0 Å². The molecule has 0 fully saturated rings. The summed E-state index contributed by atoms with van der Waals surface area (Å²) in [5.41, 5.74) is 8.35. The first-order chi connectivity index (χ1) is 13.2. The molecule has 0 aliphatic rings. The lowest BCUT2D eigenvalue weighted by atomic mass is 10.1. The number of thiophene rings is 1. The minimum Gasteiger partial charge on any atom is -0.494 e. The SMILES string of the molecule is CCOc1cccc(Nc2nc3cc(/C(N)=N/N)ccc3c3sccc23)c1. The highest BCUT2D eigenvalue weighted by Gasteiger charge is 2.12. The van der Waals surface area contributed by atoms with Gasteiger partial charge in [0.15, 0.2) is 0 Å². The molecule has 0 saturated heterocycles. The Balaban J connectivity index is 1.83. The molecule has 4 rings (SSSR count). The summed E-state index contributed by atoms with van der Waals surface area (Å²) in [6, 6.07) is 15.7. The topological polar surface area (TPSA) is 98.5 Å². The number of nitrogens with zero attached hydrogens (tertiary/aromatic N) is 2. The number of anilines is 2. The third-order valence-corrected chi connectivity index (χ3v) is 5.19. The fourth-order valence-electron chi connectivity index (χ4n) is 3.00. The van der Waals surface area contributed by atoms with Crippen molar-refractivity contribution in [2.24, 2.45) is 16.7 Å². The highest BCUT2D eigenvalue weighted by Crippen LogP contribution is 2.35. The van der Waals surface area contributed by atoms with Crippen molar-refractivity contribution in [3.05, 3.63) is 59.5 Å². The number of hydrazone groups is 1. The second-order valence-electron chi connectivity index (χ2n) is 5.96. The van der Waals surface area contributed by atoms with Crippen LogP contribution in [0.1, 0.15) is 12.5 Å². The van der Waals surface area contributed by atoms with Gasteiger partial charge >= 0.3 is 0 Å². The van der Waals surface area contributed by atoms with Gasteiger partial charge in [0.1, 0.15) is 17.4 Å². The molecule has 2 aromatic heterocycles. The van der Waals surface area contributed by atoms with E-state index in [4.69, 9.17) is 21.3 Å². The van der Waals surface area contributed by atoms with E-state index < -0.39 is 0 Å². The molecular weight excluding hydrogens is 358 g/mol. The summed E-state index contributed by atoms with van der Waals surface area (Å²) in [5.74, 6) is 7.20. The second-order valence-corrected chi connectivity index (χ2v) is 6.87. The lowest BCUT2D eigenvalue weighted by molar-refractivity contribution is 0.340. The Morgan fingerprint density at radius 1 is 1.19 bits per heavy atom. The van der Waals surface area contributed by atoms with E-state index in [1.165, 1.54) is 4.70 Å². The Labute approximate surface area is 160 Å². The average molecular weight is 377 g/mol. The van der Waals surface area contributed by atoms with Crippen LogP contribution < -0.4 is 21.6 Å². The Kier molecular flexibility index (Phi) is 4.52. The second kappa shape index (κ2) is 7.13. The molecule has 2 heterocycles. The number of aromatic nitrogens is 1. The number of nitrogens with two attached hydrogens (primary N) is 2. The van der Waals surface area contributed by atoms with Crippen LogP contribution in [-0.4, -0.2) is 17.4 Å². The number of ether oxygens (including phenoxy) is 1. The van der Waals surface area contributed by atoms with Crippen LogP contribution in [0.5, 0.6) is 5.75 Å². The maximum atomic E-state index is 5.85. The first-order valence-electron chi connectivity index (χ1n) is 8.54. The van der Waals surface area contributed by atoms with Gasteiger partial charge in [0.05, 0.1) is 12.1 Å². The molecule has 5 N–H and O–H groups in total. The summed E-state index contributed by atoms with van der Waals surface area (Å²) in [4.78, 5) is 4.83. The maximum absolute atomic E-state index is 5.85. The summed E-state index contributed by atoms with van der Waals surface area (Å²) in [7, 11) is 0. The van der Waals surface area contributed by atoms with Crippen molar-refractivity contribution in [1.29, 1.82) is 0 Å². The van der Waals surface area contributed by atoms with Gasteiger partial charge in [0, 0.05) is 32.8 Å². The molecular formula is C20H19N5OS. The van der Waals surface area contributed by atoms with E-state index in [9.17, 15) is 0 Å². The number of amidine groups is 1. The zero-order chi connectivity index (χ0) is 18.8. The third-order valence-electron chi connectivity index (χ3n) is 4.24. The van der Waals surface area contributed by atoms with Gasteiger partial charge in [-0.05, 0) is 36.6 Å². The van der Waals surface area contributed by atoms with Crippen LogP contribution in [-0.2, 0) is 0 Å². The molecule has 0 saturated carbocycles. The minimum atomic E-state index is 0.281. The van der Waals surface area contributed by atoms with Gasteiger partial charge in [-0.3, -0.25) is 0 Å². The molecule has 0 bridgehead atoms. The van der Waals surface area contributed by atoms with Gasteiger partial charge in [0.2, 0.25) is 0 Å². The van der Waals surface area contributed by atoms with Crippen molar-refractivity contribution in [2.75, 3.05) is 11.9 Å². The van der Waals surface area contributed by atoms with Crippen LogP contribution in [0.2, 0.25) is 0 Å². The number of benzene rings is 2. The summed E-state index contributed by atoms with van der Waals surface area (Å²) in [5, 5.41) is 11.2. The van der Waals surface area contributed by atoms with Crippen LogP contribution in [0.25, 0.3) is 21.0 Å². The summed E-state index contributed by atoms with van der Waals surface area (Å²) in [6.45, 7) is 2.59. The van der Waals surface area contributed by atoms with Gasteiger partial charge in [-0.1, -0.05) is 18.2 Å². The third kappa shape index (κ3) is 3.24. The van der Waals surface area contributed by atoms with Crippen LogP contribution in [0.3, 0.4) is 0 Å². The largest absolute Gasteiger partial charge is 0.494 e. The molecule has 0 spiro atoms. The van der Waals surface area contributed by atoms with Crippen molar-refractivity contribution in [3.63, 3.8) is 0 Å². The highest BCUT2D eigenvalue weighted by molar-refractivity contribution is 7.18. The van der Waals surface area contributed by atoms with E-state index in [2.05, 4.69) is 21.9 Å². The Morgan fingerprint density at radius 3 is 2.89 bits per heavy atom. The minimum absolute atomic E-state index is 0.281. The quantitative estimate of drug-likeness (QED) is 0.210. The molecule has 0 aliphatic carbocycles. The number of rotatable bonds is 5. The molecule has 0 radical (unpaired) electrons. The van der Waals surface area contributed by atoms with E-state index in [1.807, 2.05) is 49.4 Å². The lowest BCUT2D eigenvalue weighted by Crippen LogP contribution is -2.15. The van der Waals surface area contributed by atoms with Crippen molar-refractivity contribution in [3.8, 4) is 5.75 Å². The standard InChI is InChI=1S/C20H19N5OS/c1-2-26-14-5-3-4-13(11-14)23-20-16-8-9-27-18(16)15-7-6-12(19(21)25-22)10-17(15)24-20/h3-11H,2,22H2,1H3,(H2,21,25)(H,23,24). The fourth-order valence-corrected chi connectivity index (χ4v) is 3.93. The normalized spacial score (nSPS) is 11.8. The molecule has 0 atom stereocenters. The molecule has 2 aromatic carbocycles. The summed E-state index contributed by atoms with van der Waals surface area (Å²) in [6.07, 6.45) is 0. The molecule has 6 nitrogen and oxygen atoms in total. The number of nitrogens with one attached hydrogen (secondary N) is 1. The zero-order valence-electron chi connectivity index (χ0n) is 14.8. The number of pyridine rings is 1. The first kappa shape index (κ1) is 17.1. The zero-order valence-corrected chi connectivity index (χ0v) is 15.6. The molecule has 7 heteroatoms. The Hall–Kier alpha value is -3.32. The summed E-state index contributed by atoms with van der Waals surface area (Å²) < 4.78 is 6.75. The molecule has 0 unspecified atom stereocenters. The first-order valence-corrected chi connectivity index (χ1v) is 9.42. The smallest absolute Gasteiger partial charge is 0.150 e. The molecule has 4 aromatic rings. The highest BCUT2D eigenvalue weighted by atomic mass is 32.1. The van der Waals surface area contributed by atoms with Crippen molar-refractivity contribution in [1.82, 2.24) is 4.98 Å². The van der Waals surface area contributed by atoms with Crippen molar-refractivity contribution >= 4 is 49.7 Å². The van der Waals surface area contributed by atoms with Gasteiger partial charge < -0.3 is 21.6 Å². The van der Waals surface area contributed by atoms with Crippen molar-refractivity contribution < 1.29 is 4.74 Å². The van der Waals surface area contributed by atoms with Gasteiger partial charge in [-0.25, -0.2) is 4.98 Å². The Bertz CT molecular complexity index is 1150. The van der Waals surface area contributed by atoms with E-state index in [1.54, 1.807) is 11.3 Å². The van der Waals surface area contributed by atoms with E-state index in [-0.39, 0.29) is 5.84 Å². The number of hydrogen-bond donors (Lipinski definition) is 3. The molecule has 0 aliphatic heterocycles. The lowest BCUT2D eigenvalue weighted by Gasteiger charge is -2.11. The predicted octanol–water partition coefficient (Wildman–Crippen LogP) is 4.17. The van der Waals surface area contributed by atoms with E-state index >= 15 is 0 Å². The van der Waals surface area contributed by atoms with Gasteiger partial charge in [-0.15, -0.1) is 11.3 Å². The van der Waals surface area contributed by atoms with Crippen LogP contribution in [0.15, 0.2) is 59.0 Å².